The van der Waals surface area contributed by atoms with Gasteiger partial charge < -0.3 is 5.32 Å². The van der Waals surface area contributed by atoms with Gasteiger partial charge in [-0.2, -0.15) is 0 Å². The molecule has 1 fully saturated rings. The number of benzene rings is 1. The van der Waals surface area contributed by atoms with Gasteiger partial charge in [0.05, 0.1) is 0 Å². The first-order valence-corrected chi connectivity index (χ1v) is 5.90. The Morgan fingerprint density at radius 1 is 1.38 bits per heavy atom. The lowest BCUT2D eigenvalue weighted by Gasteiger charge is -2.10. The molecule has 1 N–H and O–H groups in total. The van der Waals surface area contributed by atoms with Crippen molar-refractivity contribution in [3.8, 4) is 0 Å². The summed E-state index contributed by atoms with van der Waals surface area (Å²) in [5, 5.41) is 3.16. The van der Waals surface area contributed by atoms with Crippen LogP contribution in [0.2, 0.25) is 0 Å². The molecule has 16 heavy (non-hydrogen) atoms. The van der Waals surface area contributed by atoms with E-state index in [0.29, 0.717) is 24.6 Å². The third-order valence-electron chi connectivity index (χ3n) is 2.82. The molecule has 0 aliphatic heterocycles. The first-order valence-electron chi connectivity index (χ1n) is 5.46. The van der Waals surface area contributed by atoms with Crippen molar-refractivity contribution in [3.05, 3.63) is 35.4 Å². The molecule has 1 aliphatic rings. The Hall–Kier alpha value is -0.670. The number of hydrogen-bond acceptors (Lipinski definition) is 1. The number of rotatable bonds is 5. The van der Waals surface area contributed by atoms with Crippen LogP contribution in [0.15, 0.2) is 18.2 Å². The molecule has 1 aliphatic carbocycles. The van der Waals surface area contributed by atoms with E-state index in [2.05, 4.69) is 5.32 Å². The molecule has 1 atom stereocenters. The molecule has 0 aromatic heterocycles. The molecular weight excluding hydrogens is 232 g/mol. The van der Waals surface area contributed by atoms with Gasteiger partial charge in [-0.05, 0) is 24.8 Å². The summed E-state index contributed by atoms with van der Waals surface area (Å²) in [6, 6.07) is 4.20. The highest BCUT2D eigenvalue weighted by molar-refractivity contribution is 6.21. The summed E-state index contributed by atoms with van der Waals surface area (Å²) in [6.45, 7) is 0.960. The standard InChI is InChI=1S/C12H14ClF2N/c13-10(8-4-5-8)7-16-6-9-2-1-3-11(14)12(9)15/h1-3,8,10,16H,4-7H2. The summed E-state index contributed by atoms with van der Waals surface area (Å²) >= 11 is 6.09. The van der Waals surface area contributed by atoms with Crippen molar-refractivity contribution in [2.45, 2.75) is 24.8 Å². The summed E-state index contributed by atoms with van der Waals surface area (Å²) in [6.07, 6.45) is 2.37. The third-order valence-corrected chi connectivity index (χ3v) is 3.33. The molecule has 1 saturated carbocycles. The zero-order valence-electron chi connectivity index (χ0n) is 8.85. The SMILES string of the molecule is Fc1cccc(CNCC(Cl)C2CC2)c1F. The maximum absolute atomic E-state index is 13.2. The molecular formula is C12H14ClF2N. The normalized spacial score (nSPS) is 17.4. The second-order valence-corrected chi connectivity index (χ2v) is 4.76. The zero-order valence-corrected chi connectivity index (χ0v) is 9.61. The molecule has 4 heteroatoms. The van der Waals surface area contributed by atoms with Gasteiger partial charge in [-0.25, -0.2) is 8.78 Å². The minimum atomic E-state index is -0.802. The van der Waals surface area contributed by atoms with E-state index in [0.717, 1.165) is 6.07 Å². The average molecular weight is 246 g/mol. The highest BCUT2D eigenvalue weighted by Gasteiger charge is 2.29. The lowest BCUT2D eigenvalue weighted by molar-refractivity contribution is 0.491. The van der Waals surface area contributed by atoms with Gasteiger partial charge in [-0.3, -0.25) is 0 Å². The quantitative estimate of drug-likeness (QED) is 0.787. The Morgan fingerprint density at radius 2 is 2.12 bits per heavy atom. The van der Waals surface area contributed by atoms with E-state index < -0.39 is 11.6 Å². The van der Waals surface area contributed by atoms with Gasteiger partial charge in [0.25, 0.3) is 0 Å². The van der Waals surface area contributed by atoms with Crippen molar-refractivity contribution < 1.29 is 8.78 Å². The summed E-state index contributed by atoms with van der Waals surface area (Å²) < 4.78 is 26.1. The topological polar surface area (TPSA) is 12.0 Å². The summed E-state index contributed by atoms with van der Waals surface area (Å²) in [5.41, 5.74) is 0.347. The molecule has 1 unspecified atom stereocenters. The molecule has 1 aromatic rings. The van der Waals surface area contributed by atoms with Gasteiger partial charge in [0, 0.05) is 24.0 Å². The van der Waals surface area contributed by atoms with Gasteiger partial charge in [-0.1, -0.05) is 12.1 Å². The Kier molecular flexibility index (Phi) is 3.77. The monoisotopic (exact) mass is 245 g/mol. The maximum Gasteiger partial charge on any atom is 0.163 e. The molecule has 0 radical (unpaired) electrons. The van der Waals surface area contributed by atoms with Crippen LogP contribution < -0.4 is 5.32 Å². The highest BCUT2D eigenvalue weighted by atomic mass is 35.5. The Labute approximate surface area is 98.8 Å². The zero-order chi connectivity index (χ0) is 11.5. The van der Waals surface area contributed by atoms with Crippen molar-refractivity contribution in [1.82, 2.24) is 5.32 Å². The number of nitrogens with one attached hydrogen (secondary N) is 1. The number of halogens is 3. The second-order valence-electron chi connectivity index (χ2n) is 4.20. The number of hydrogen-bond donors (Lipinski definition) is 1. The van der Waals surface area contributed by atoms with Crippen LogP contribution in [0.25, 0.3) is 0 Å². The molecule has 0 amide bonds. The lowest BCUT2D eigenvalue weighted by Crippen LogP contribution is -2.24. The van der Waals surface area contributed by atoms with Gasteiger partial charge in [0.2, 0.25) is 0 Å². The van der Waals surface area contributed by atoms with Crippen molar-refractivity contribution in [3.63, 3.8) is 0 Å². The van der Waals surface area contributed by atoms with Gasteiger partial charge >= 0.3 is 0 Å². The van der Waals surface area contributed by atoms with E-state index >= 15 is 0 Å². The molecule has 0 heterocycles. The predicted molar refractivity (Wildman–Crippen MR) is 60.4 cm³/mol. The van der Waals surface area contributed by atoms with Crippen LogP contribution >= 0.6 is 11.6 Å². The van der Waals surface area contributed by atoms with Crippen LogP contribution in [0, 0.1) is 17.6 Å². The van der Waals surface area contributed by atoms with Crippen molar-refractivity contribution in [2.24, 2.45) is 5.92 Å². The Bertz CT molecular complexity index is 366. The molecule has 0 bridgehead atoms. The molecule has 1 nitrogen and oxygen atoms in total. The fourth-order valence-electron chi connectivity index (χ4n) is 1.65. The molecule has 1 aromatic carbocycles. The van der Waals surface area contributed by atoms with Crippen LogP contribution in [-0.2, 0) is 6.54 Å². The van der Waals surface area contributed by atoms with E-state index in [1.54, 1.807) is 6.07 Å². The van der Waals surface area contributed by atoms with Crippen LogP contribution in [0.5, 0.6) is 0 Å². The van der Waals surface area contributed by atoms with Crippen molar-refractivity contribution in [1.29, 1.82) is 0 Å². The minimum absolute atomic E-state index is 0.108. The Balaban J connectivity index is 1.82. The minimum Gasteiger partial charge on any atom is -0.311 e. The van der Waals surface area contributed by atoms with E-state index in [1.807, 2.05) is 0 Å². The Morgan fingerprint density at radius 3 is 2.81 bits per heavy atom. The molecule has 0 saturated heterocycles. The number of alkyl halides is 1. The average Bonchev–Trinajstić information content (AvgIpc) is 3.07. The fourth-order valence-corrected chi connectivity index (χ4v) is 2.02. The van der Waals surface area contributed by atoms with Crippen molar-refractivity contribution >= 4 is 11.6 Å². The van der Waals surface area contributed by atoms with E-state index in [4.69, 9.17) is 11.6 Å². The van der Waals surface area contributed by atoms with Crippen LogP contribution in [-0.4, -0.2) is 11.9 Å². The third kappa shape index (κ3) is 2.92. The fraction of sp³-hybridized carbons (Fsp3) is 0.500. The summed E-state index contributed by atoms with van der Waals surface area (Å²) in [4.78, 5) is 0. The molecule has 88 valence electrons. The van der Waals surface area contributed by atoms with E-state index in [1.165, 1.54) is 18.9 Å². The lowest BCUT2D eigenvalue weighted by atomic mass is 10.2. The van der Waals surface area contributed by atoms with Crippen molar-refractivity contribution in [2.75, 3.05) is 6.54 Å². The summed E-state index contributed by atoms with van der Waals surface area (Å²) in [5.74, 6) is -0.969. The van der Waals surface area contributed by atoms with E-state index in [-0.39, 0.29) is 5.38 Å². The first kappa shape index (κ1) is 11.8. The molecule has 0 spiro atoms. The predicted octanol–water partition coefficient (Wildman–Crippen LogP) is 3.07. The summed E-state index contributed by atoms with van der Waals surface area (Å²) in [7, 11) is 0. The second kappa shape index (κ2) is 5.11. The largest absolute Gasteiger partial charge is 0.311 e. The maximum atomic E-state index is 13.2. The van der Waals surface area contributed by atoms with Crippen LogP contribution in [0.1, 0.15) is 18.4 Å². The molecule has 2 rings (SSSR count). The van der Waals surface area contributed by atoms with Crippen LogP contribution in [0.4, 0.5) is 8.78 Å². The highest BCUT2D eigenvalue weighted by Crippen LogP contribution is 2.35. The van der Waals surface area contributed by atoms with Gasteiger partial charge in [-0.15, -0.1) is 11.6 Å². The van der Waals surface area contributed by atoms with Gasteiger partial charge in [0.15, 0.2) is 11.6 Å². The van der Waals surface area contributed by atoms with E-state index in [9.17, 15) is 8.78 Å². The first-order chi connectivity index (χ1) is 7.68. The smallest absolute Gasteiger partial charge is 0.163 e. The van der Waals surface area contributed by atoms with Crippen LogP contribution in [0.3, 0.4) is 0 Å². The van der Waals surface area contributed by atoms with Gasteiger partial charge in [0.1, 0.15) is 0 Å².